The second kappa shape index (κ2) is 14.9. The van der Waals surface area contributed by atoms with Crippen molar-refractivity contribution in [1.82, 2.24) is 30.1 Å². The number of ether oxygens (including phenoxy) is 2. The fourth-order valence-corrected chi connectivity index (χ4v) is 8.04. The first-order valence-corrected chi connectivity index (χ1v) is 18.7. The molecule has 52 heavy (non-hydrogen) atoms. The van der Waals surface area contributed by atoms with Crippen molar-refractivity contribution in [2.24, 2.45) is 11.8 Å². The third kappa shape index (κ3) is 6.92. The predicted molar refractivity (Wildman–Crippen MR) is 199 cm³/mol. The van der Waals surface area contributed by atoms with E-state index in [2.05, 4.69) is 77.7 Å². The van der Waals surface area contributed by atoms with Gasteiger partial charge >= 0.3 is 6.09 Å². The number of H-pyrrole nitrogens is 2. The van der Waals surface area contributed by atoms with E-state index in [9.17, 15) is 14.4 Å². The summed E-state index contributed by atoms with van der Waals surface area (Å²) in [4.78, 5) is 54.5. The van der Waals surface area contributed by atoms with Crippen LogP contribution in [0.2, 0.25) is 0 Å². The van der Waals surface area contributed by atoms with Gasteiger partial charge in [-0.15, -0.1) is 0 Å². The highest BCUT2D eigenvalue weighted by molar-refractivity contribution is 5.87. The van der Waals surface area contributed by atoms with E-state index >= 15 is 0 Å². The smallest absolute Gasteiger partial charge is 0.407 e. The number of benzene rings is 2. The topological polar surface area (TPSA) is 133 Å². The Morgan fingerprint density at radius 1 is 0.885 bits per heavy atom. The summed E-state index contributed by atoms with van der Waals surface area (Å²) < 4.78 is 11.0. The maximum atomic E-state index is 13.8. The molecule has 4 aromatic rings. The van der Waals surface area contributed by atoms with Crippen LogP contribution in [0.25, 0.3) is 33.6 Å². The Morgan fingerprint density at radius 3 is 2.17 bits per heavy atom. The highest BCUT2D eigenvalue weighted by Gasteiger charge is 2.40. The number of carbonyl (C=O) groups excluding carboxylic acids is 3. The van der Waals surface area contributed by atoms with E-state index in [1.807, 2.05) is 29.8 Å². The Morgan fingerprint density at radius 2 is 1.52 bits per heavy atom. The summed E-state index contributed by atoms with van der Waals surface area (Å²) in [5.41, 5.74) is 8.29. The van der Waals surface area contributed by atoms with Crippen molar-refractivity contribution >= 4 is 17.9 Å². The van der Waals surface area contributed by atoms with Crippen LogP contribution in [0.3, 0.4) is 0 Å². The van der Waals surface area contributed by atoms with Crippen molar-refractivity contribution in [3.8, 4) is 39.4 Å². The highest BCUT2D eigenvalue weighted by Crippen LogP contribution is 2.45. The lowest BCUT2D eigenvalue weighted by atomic mass is 10.00. The van der Waals surface area contributed by atoms with Gasteiger partial charge in [0, 0.05) is 42.8 Å². The molecular weight excluding hydrogens is 656 g/mol. The maximum absolute atomic E-state index is 13.8. The number of aromatic amines is 2. The molecule has 0 unspecified atom stereocenters. The lowest BCUT2D eigenvalue weighted by molar-refractivity contribution is -0.135. The van der Waals surface area contributed by atoms with Crippen LogP contribution < -0.4 is 10.1 Å². The number of aromatic nitrogens is 3. The normalized spacial score (nSPS) is 18.9. The number of rotatable bonds is 10. The molecule has 11 heteroatoms. The van der Waals surface area contributed by atoms with Gasteiger partial charge in [-0.2, -0.15) is 0 Å². The van der Waals surface area contributed by atoms with Crippen molar-refractivity contribution in [2.45, 2.75) is 84.3 Å². The molecule has 7 rings (SSSR count). The number of carbonyl (C=O) groups is 3. The quantitative estimate of drug-likeness (QED) is 0.157. The second-order valence-electron chi connectivity index (χ2n) is 15.0. The van der Waals surface area contributed by atoms with Crippen molar-refractivity contribution in [3.63, 3.8) is 0 Å². The molecule has 5 heterocycles. The minimum absolute atomic E-state index is 0.00679. The van der Waals surface area contributed by atoms with Gasteiger partial charge < -0.3 is 34.6 Å². The van der Waals surface area contributed by atoms with E-state index < -0.39 is 12.1 Å². The van der Waals surface area contributed by atoms with Gasteiger partial charge in [-0.3, -0.25) is 9.59 Å². The number of methoxy groups -OCH3 is 1. The van der Waals surface area contributed by atoms with Gasteiger partial charge in [0.2, 0.25) is 11.8 Å². The monoisotopic (exact) mass is 706 g/mol. The zero-order valence-corrected chi connectivity index (χ0v) is 30.8. The van der Waals surface area contributed by atoms with Crippen LogP contribution in [0.5, 0.6) is 5.75 Å². The summed E-state index contributed by atoms with van der Waals surface area (Å²) in [6, 6.07) is 16.2. The summed E-state index contributed by atoms with van der Waals surface area (Å²) >= 11 is 0. The summed E-state index contributed by atoms with van der Waals surface area (Å²) in [6.07, 6.45) is 6.26. The molecule has 2 aromatic carbocycles. The number of fused-ring (bicyclic) bond motifs is 1. The Hall–Kier alpha value is -5.06. The Kier molecular flexibility index (Phi) is 10.1. The number of nitrogens with zero attached hydrogens (tertiary/aromatic N) is 3. The van der Waals surface area contributed by atoms with Gasteiger partial charge in [0.15, 0.2) is 0 Å². The molecule has 0 aliphatic carbocycles. The molecular formula is C41H50N6O5. The van der Waals surface area contributed by atoms with Crippen molar-refractivity contribution < 1.29 is 23.9 Å². The molecule has 0 saturated carbocycles. The first kappa shape index (κ1) is 35.3. The molecule has 2 saturated heterocycles. The summed E-state index contributed by atoms with van der Waals surface area (Å²) in [7, 11) is 1.31. The number of alkyl carbamates (subject to hydrolysis) is 1. The lowest BCUT2D eigenvalue weighted by Crippen LogP contribution is -2.51. The van der Waals surface area contributed by atoms with Crippen LogP contribution in [0.1, 0.15) is 89.0 Å². The minimum atomic E-state index is -0.667. The van der Waals surface area contributed by atoms with Crippen LogP contribution in [0.15, 0.2) is 54.7 Å². The maximum Gasteiger partial charge on any atom is 0.407 e. The fourth-order valence-electron chi connectivity index (χ4n) is 8.04. The summed E-state index contributed by atoms with van der Waals surface area (Å²) in [6.45, 7) is 10.0. The van der Waals surface area contributed by atoms with E-state index in [1.54, 1.807) is 0 Å². The van der Waals surface area contributed by atoms with Gasteiger partial charge in [-0.1, -0.05) is 76.2 Å². The predicted octanol–water partition coefficient (Wildman–Crippen LogP) is 7.43. The average molecular weight is 707 g/mol. The first-order chi connectivity index (χ1) is 25.1. The minimum Gasteiger partial charge on any atom is -0.491 e. The third-order valence-corrected chi connectivity index (χ3v) is 10.7. The van der Waals surface area contributed by atoms with Crippen molar-refractivity contribution in [3.05, 3.63) is 71.8 Å². The molecule has 274 valence electrons. The van der Waals surface area contributed by atoms with Crippen LogP contribution >= 0.6 is 0 Å². The van der Waals surface area contributed by atoms with Gasteiger partial charge in [-0.05, 0) is 54.2 Å². The van der Waals surface area contributed by atoms with Crippen LogP contribution in [-0.4, -0.2) is 75.5 Å². The molecule has 3 N–H and O–H groups in total. The number of nitrogens with one attached hydrogen (secondary N) is 3. The largest absolute Gasteiger partial charge is 0.491 e. The fraction of sp³-hybridized carbons (Fsp3) is 0.463. The lowest BCUT2D eigenvalue weighted by Gasteiger charge is -2.30. The average Bonchev–Trinajstić information content (AvgIpc) is 3.98. The highest BCUT2D eigenvalue weighted by atomic mass is 16.5. The number of imidazole rings is 1. The van der Waals surface area contributed by atoms with Gasteiger partial charge in [0.1, 0.15) is 17.6 Å². The Bertz CT molecular complexity index is 1910. The van der Waals surface area contributed by atoms with Crippen LogP contribution in [0, 0.1) is 11.8 Å². The zero-order valence-electron chi connectivity index (χ0n) is 30.8. The van der Waals surface area contributed by atoms with E-state index in [0.717, 1.165) is 95.1 Å². The van der Waals surface area contributed by atoms with E-state index in [-0.39, 0.29) is 29.8 Å². The number of likely N-dealkylation sites (tertiary alicyclic amines) is 2. The third-order valence-electron chi connectivity index (χ3n) is 10.7. The van der Waals surface area contributed by atoms with Crippen LogP contribution in [-0.2, 0) is 20.7 Å². The second-order valence-corrected chi connectivity index (χ2v) is 15.0. The standard InChI is InChI=1S/C41H50N6O5/c1-24(2)22-34(48)46-19-7-9-33(46)39-42-23-31(43-39)28-14-10-26(11-15-28)27-12-16-29(17-13-27)36-38-30(18-21-52-38)37(44-36)32-8-6-20-47(32)40(49)35(25(3)4)45-41(50)51-5/h10-17,23-25,32-33,35,44H,6-9,18-22H2,1-5H3,(H,42,43)(H,45,50)/t32-,33+,35+/m1/s1. The van der Waals surface area contributed by atoms with Gasteiger partial charge in [0.25, 0.3) is 0 Å². The molecule has 0 spiro atoms. The molecule has 3 aliphatic heterocycles. The van der Waals surface area contributed by atoms with E-state index in [4.69, 9.17) is 14.5 Å². The van der Waals surface area contributed by atoms with Crippen molar-refractivity contribution in [2.75, 3.05) is 26.8 Å². The molecule has 2 fully saturated rings. The number of hydrogen-bond donors (Lipinski definition) is 3. The SMILES string of the molecule is COC(=O)N[C@H](C(=O)N1CCC[C@@H]1c1[nH]c(-c2ccc(-c3ccc(-c4cnc([C@@H]5CCCN5C(=O)CC(C)C)[nH]4)cc3)cc2)c2c1CCO2)C(C)C. The molecule has 3 aliphatic rings. The molecule has 0 radical (unpaired) electrons. The summed E-state index contributed by atoms with van der Waals surface area (Å²) in [5.74, 6) is 2.08. The Balaban J connectivity index is 1.07. The molecule has 3 atom stereocenters. The van der Waals surface area contributed by atoms with Crippen LogP contribution in [0.4, 0.5) is 4.79 Å². The molecule has 2 aromatic heterocycles. The first-order valence-electron chi connectivity index (χ1n) is 18.7. The molecule has 3 amide bonds. The van der Waals surface area contributed by atoms with E-state index in [1.165, 1.54) is 7.11 Å². The summed E-state index contributed by atoms with van der Waals surface area (Å²) in [5, 5.41) is 2.75. The van der Waals surface area contributed by atoms with Gasteiger partial charge in [-0.25, -0.2) is 9.78 Å². The number of amides is 3. The van der Waals surface area contributed by atoms with Crippen molar-refractivity contribution in [1.29, 1.82) is 0 Å². The van der Waals surface area contributed by atoms with E-state index in [0.29, 0.717) is 25.5 Å². The molecule has 11 nitrogen and oxygen atoms in total. The zero-order chi connectivity index (χ0) is 36.5. The number of hydrogen-bond acceptors (Lipinski definition) is 6. The Labute approximate surface area is 305 Å². The molecule has 0 bridgehead atoms. The van der Waals surface area contributed by atoms with Gasteiger partial charge in [0.05, 0.1) is 43.4 Å².